The summed E-state index contributed by atoms with van der Waals surface area (Å²) in [7, 11) is 0. The molecule has 10 heteroatoms. The zero-order chi connectivity index (χ0) is 20.4. The Hall–Kier alpha value is -0.980. The molecule has 0 fully saturated rings. The zero-order valence-corrected chi connectivity index (χ0v) is 15.2. The Morgan fingerprint density at radius 3 is 1.54 bits per heavy atom. The fourth-order valence-corrected chi connectivity index (χ4v) is 2.20. The summed E-state index contributed by atoms with van der Waals surface area (Å²) >= 11 is 0. The minimum Gasteiger partial charge on any atom is -0.394 e. The third-order valence-corrected chi connectivity index (χ3v) is 4.21. The van der Waals surface area contributed by atoms with Gasteiger partial charge in [0.05, 0.1) is 46.2 Å². The van der Waals surface area contributed by atoms with Crippen molar-refractivity contribution in [3.8, 4) is 0 Å². The van der Waals surface area contributed by atoms with E-state index in [0.29, 0.717) is 0 Å². The number of Topliss-reactive ketones (excluding diaryl/α,β-unsaturated/α-hetero) is 2. The first kappa shape index (κ1) is 25.0. The van der Waals surface area contributed by atoms with E-state index in [4.69, 9.17) is 14.6 Å². The average Bonchev–Trinajstić information content (AvgIpc) is 2.67. The molecule has 0 radical (unpaired) electrons. The van der Waals surface area contributed by atoms with Crippen LogP contribution in [0.25, 0.3) is 0 Å². The van der Waals surface area contributed by atoms with Gasteiger partial charge in [0.2, 0.25) is 17.2 Å². The minimum absolute atomic E-state index is 0.00485. The summed E-state index contributed by atoms with van der Waals surface area (Å²) in [5, 5.41) is 58.3. The molecule has 2 unspecified atom stereocenters. The maximum atomic E-state index is 12.6. The molecule has 0 amide bonds. The van der Waals surface area contributed by atoms with Crippen LogP contribution in [0.5, 0.6) is 0 Å². The Morgan fingerprint density at radius 1 is 0.769 bits per heavy atom. The molecule has 26 heavy (non-hydrogen) atoms. The summed E-state index contributed by atoms with van der Waals surface area (Å²) in [4.78, 5) is 25.2. The summed E-state index contributed by atoms with van der Waals surface area (Å²) in [6, 6.07) is 0. The first-order valence-corrected chi connectivity index (χ1v) is 8.36. The van der Waals surface area contributed by atoms with Crippen molar-refractivity contribution in [3.63, 3.8) is 0 Å². The van der Waals surface area contributed by atoms with E-state index in [1.807, 2.05) is 0 Å². The lowest BCUT2D eigenvalue weighted by molar-refractivity contribution is -0.185. The third kappa shape index (κ3) is 5.76. The normalized spacial score (nSPS) is 18.6. The van der Waals surface area contributed by atoms with Crippen LogP contribution in [0.3, 0.4) is 0 Å². The quantitative estimate of drug-likeness (QED) is 0.128. The fourth-order valence-electron chi connectivity index (χ4n) is 2.20. The van der Waals surface area contributed by atoms with Gasteiger partial charge in [-0.2, -0.15) is 0 Å². The number of carbonyl (C=O) groups is 2. The highest BCUT2D eigenvalue weighted by Crippen LogP contribution is 2.27. The number of rotatable bonds is 15. The smallest absolute Gasteiger partial charge is 0.211 e. The number of hydrogen-bond donors (Lipinski definition) is 6. The molecule has 0 saturated carbocycles. The molecule has 0 aliphatic carbocycles. The first-order chi connectivity index (χ1) is 12.1. The van der Waals surface area contributed by atoms with Crippen molar-refractivity contribution >= 4 is 11.6 Å². The fraction of sp³-hybridized carbons (Fsp3) is 0.875. The van der Waals surface area contributed by atoms with Crippen molar-refractivity contribution in [3.05, 3.63) is 0 Å². The molecule has 154 valence electrons. The van der Waals surface area contributed by atoms with Crippen molar-refractivity contribution in [1.29, 1.82) is 0 Å². The van der Waals surface area contributed by atoms with Gasteiger partial charge >= 0.3 is 0 Å². The maximum absolute atomic E-state index is 12.6. The van der Waals surface area contributed by atoms with E-state index in [9.17, 15) is 35.1 Å². The average molecular weight is 382 g/mol. The van der Waals surface area contributed by atoms with Crippen molar-refractivity contribution in [2.75, 3.05) is 46.2 Å². The van der Waals surface area contributed by atoms with E-state index < -0.39 is 48.2 Å². The molecule has 10 nitrogen and oxygen atoms in total. The van der Waals surface area contributed by atoms with E-state index in [-0.39, 0.29) is 39.3 Å². The number of aliphatic hydroxyl groups is 6. The topological polar surface area (TPSA) is 174 Å². The van der Waals surface area contributed by atoms with Crippen molar-refractivity contribution < 1.29 is 49.7 Å². The number of carbonyl (C=O) groups excluding carboxylic acids is 2. The molecular formula is C16H30O10. The largest absolute Gasteiger partial charge is 0.394 e. The van der Waals surface area contributed by atoms with E-state index in [0.717, 1.165) is 0 Å². The lowest BCUT2D eigenvalue weighted by Gasteiger charge is -2.37. The van der Waals surface area contributed by atoms with Crippen LogP contribution in [0.2, 0.25) is 0 Å². The van der Waals surface area contributed by atoms with Crippen LogP contribution in [0.15, 0.2) is 0 Å². The summed E-state index contributed by atoms with van der Waals surface area (Å²) in [5.41, 5.74) is -7.84. The van der Waals surface area contributed by atoms with Crippen LogP contribution in [0.1, 0.15) is 26.7 Å². The second-order valence-corrected chi connectivity index (χ2v) is 5.99. The van der Waals surface area contributed by atoms with Crippen LogP contribution in [-0.4, -0.2) is 105 Å². The lowest BCUT2D eigenvalue weighted by Crippen LogP contribution is -2.66. The monoisotopic (exact) mass is 382 g/mol. The van der Waals surface area contributed by atoms with Gasteiger partial charge in [0.25, 0.3) is 0 Å². The highest BCUT2D eigenvalue weighted by atomic mass is 16.5. The van der Waals surface area contributed by atoms with Gasteiger partial charge < -0.3 is 40.1 Å². The zero-order valence-electron chi connectivity index (χ0n) is 15.2. The van der Waals surface area contributed by atoms with Crippen molar-refractivity contribution in [1.82, 2.24) is 0 Å². The molecule has 0 aromatic rings. The van der Waals surface area contributed by atoms with E-state index in [1.54, 1.807) is 0 Å². The van der Waals surface area contributed by atoms with Gasteiger partial charge in [0.15, 0.2) is 0 Å². The third-order valence-electron chi connectivity index (χ3n) is 4.21. The molecule has 0 bridgehead atoms. The van der Waals surface area contributed by atoms with Crippen molar-refractivity contribution in [2.45, 2.75) is 43.5 Å². The Labute approximate surface area is 152 Å². The van der Waals surface area contributed by atoms with Gasteiger partial charge in [-0.15, -0.1) is 0 Å². The van der Waals surface area contributed by atoms with Crippen LogP contribution < -0.4 is 0 Å². The van der Waals surface area contributed by atoms with Crippen LogP contribution in [0, 0.1) is 0 Å². The van der Waals surface area contributed by atoms with Gasteiger partial charge in [-0.1, -0.05) is 13.8 Å². The molecule has 2 atom stereocenters. The van der Waals surface area contributed by atoms with Gasteiger partial charge in [-0.25, -0.2) is 0 Å². The molecule has 6 N–H and O–H groups in total. The molecule has 0 rings (SSSR count). The summed E-state index contributed by atoms with van der Waals surface area (Å²) in [5.74, 6) is -2.87. The van der Waals surface area contributed by atoms with Gasteiger partial charge in [0.1, 0.15) is 11.2 Å². The highest BCUT2D eigenvalue weighted by Gasteiger charge is 2.57. The molecular weight excluding hydrogens is 352 g/mol. The van der Waals surface area contributed by atoms with Gasteiger partial charge in [-0.3, -0.25) is 9.59 Å². The number of aliphatic hydroxyl groups excluding tert-OH is 3. The summed E-state index contributed by atoms with van der Waals surface area (Å²) < 4.78 is 10.0. The molecule has 0 aromatic heterocycles. The van der Waals surface area contributed by atoms with E-state index >= 15 is 0 Å². The summed E-state index contributed by atoms with van der Waals surface area (Å²) in [6.45, 7) is -0.625. The second-order valence-electron chi connectivity index (χ2n) is 5.99. The molecule has 0 aliphatic heterocycles. The Bertz CT molecular complexity index is 412. The van der Waals surface area contributed by atoms with Gasteiger partial charge in [-0.05, 0) is 12.8 Å². The standard InChI is InChI=1S/C16H30O10/c1-3-14(22,9-18)12(20)16(24,11-26-8-7-25-6-5-17)13(21)15(23,4-2)10-19/h17-19,22-24H,3-11H2,1-2H3. The molecule has 0 aliphatic rings. The SMILES string of the molecule is CCC(O)(CO)C(=O)C(O)(COCCOCCO)C(=O)C(O)(CC)CO. The highest BCUT2D eigenvalue weighted by molar-refractivity contribution is 6.16. The lowest BCUT2D eigenvalue weighted by atomic mass is 9.76. The molecule has 0 heterocycles. The van der Waals surface area contributed by atoms with Crippen molar-refractivity contribution in [2.24, 2.45) is 0 Å². The Kier molecular flexibility index (Phi) is 10.6. The Morgan fingerprint density at radius 2 is 1.19 bits per heavy atom. The van der Waals surface area contributed by atoms with E-state index in [2.05, 4.69) is 0 Å². The minimum atomic E-state index is -2.99. The molecule has 0 aromatic carbocycles. The predicted molar refractivity (Wildman–Crippen MR) is 88.3 cm³/mol. The molecule has 0 spiro atoms. The maximum Gasteiger partial charge on any atom is 0.211 e. The molecule has 0 saturated heterocycles. The predicted octanol–water partition coefficient (Wildman–Crippen LogP) is -2.85. The second kappa shape index (κ2) is 11.0. The van der Waals surface area contributed by atoms with Gasteiger partial charge in [0, 0.05) is 0 Å². The van der Waals surface area contributed by atoms with Crippen LogP contribution >= 0.6 is 0 Å². The van der Waals surface area contributed by atoms with E-state index in [1.165, 1.54) is 13.8 Å². The Balaban J connectivity index is 5.52. The number of ether oxygens (including phenoxy) is 2. The van der Waals surface area contributed by atoms with Crippen LogP contribution in [0.4, 0.5) is 0 Å². The number of hydrogen-bond acceptors (Lipinski definition) is 10. The first-order valence-electron chi connectivity index (χ1n) is 8.36. The van der Waals surface area contributed by atoms with Crippen LogP contribution in [-0.2, 0) is 19.1 Å². The number of ketones is 2. The summed E-state index contributed by atoms with van der Waals surface area (Å²) in [6.07, 6.45) is -0.609.